The lowest BCUT2D eigenvalue weighted by atomic mass is 10.2. The zero-order valence-corrected chi connectivity index (χ0v) is 16.9. The molecular formula is C18H15F3N6O3S. The van der Waals surface area contributed by atoms with Crippen LogP contribution in [0.1, 0.15) is 5.69 Å². The Balaban J connectivity index is 1.72. The molecule has 9 nitrogen and oxygen atoms in total. The molecule has 0 fully saturated rings. The van der Waals surface area contributed by atoms with Crippen molar-refractivity contribution in [3.63, 3.8) is 0 Å². The molecule has 0 unspecified atom stereocenters. The quantitative estimate of drug-likeness (QED) is 0.499. The Kier molecular flexibility index (Phi) is 4.84. The SMILES string of the molecule is COc1ccc2cnn(C)c2c1NS(=O)(=O)c1cnn(-c2ccnc(C(F)(F)F)c2)c1. The molecule has 0 atom stereocenters. The molecule has 0 aliphatic rings. The summed E-state index contributed by atoms with van der Waals surface area (Å²) in [6.07, 6.45) is 0.0457. The molecule has 162 valence electrons. The molecule has 31 heavy (non-hydrogen) atoms. The van der Waals surface area contributed by atoms with Crippen LogP contribution < -0.4 is 9.46 Å². The van der Waals surface area contributed by atoms with Gasteiger partial charge < -0.3 is 4.74 Å². The largest absolute Gasteiger partial charge is 0.494 e. The first kappa shape index (κ1) is 20.7. The van der Waals surface area contributed by atoms with Gasteiger partial charge in [-0.05, 0) is 24.3 Å². The number of rotatable bonds is 5. The number of methoxy groups -OCH3 is 1. The van der Waals surface area contributed by atoms with Crippen LogP contribution in [0, 0.1) is 0 Å². The van der Waals surface area contributed by atoms with Gasteiger partial charge in [-0.2, -0.15) is 23.4 Å². The fraction of sp³-hybridized carbons (Fsp3) is 0.167. The van der Waals surface area contributed by atoms with Gasteiger partial charge in [-0.15, -0.1) is 0 Å². The van der Waals surface area contributed by atoms with Gasteiger partial charge in [0, 0.05) is 18.6 Å². The van der Waals surface area contributed by atoms with E-state index in [1.54, 1.807) is 25.4 Å². The van der Waals surface area contributed by atoms with Crippen LogP contribution in [0.2, 0.25) is 0 Å². The summed E-state index contributed by atoms with van der Waals surface area (Å²) in [5.74, 6) is 0.274. The van der Waals surface area contributed by atoms with Crippen LogP contribution in [0.4, 0.5) is 18.9 Å². The maximum Gasteiger partial charge on any atom is 0.433 e. The van der Waals surface area contributed by atoms with Crippen LogP contribution >= 0.6 is 0 Å². The van der Waals surface area contributed by atoms with Crippen molar-refractivity contribution in [3.05, 3.63) is 54.7 Å². The Hall–Kier alpha value is -3.61. The number of alkyl halides is 3. The van der Waals surface area contributed by atoms with E-state index in [1.807, 2.05) is 0 Å². The lowest BCUT2D eigenvalue weighted by Gasteiger charge is -2.13. The average molecular weight is 452 g/mol. The highest BCUT2D eigenvalue weighted by molar-refractivity contribution is 7.92. The molecule has 0 saturated carbocycles. The Morgan fingerprint density at radius 3 is 2.61 bits per heavy atom. The predicted molar refractivity (Wildman–Crippen MR) is 104 cm³/mol. The summed E-state index contributed by atoms with van der Waals surface area (Å²) in [5, 5.41) is 8.69. The number of hydrogen-bond donors (Lipinski definition) is 1. The molecule has 0 spiro atoms. The van der Waals surface area contributed by atoms with Crippen LogP contribution in [0.3, 0.4) is 0 Å². The highest BCUT2D eigenvalue weighted by Crippen LogP contribution is 2.34. The monoisotopic (exact) mass is 452 g/mol. The van der Waals surface area contributed by atoms with Crippen molar-refractivity contribution in [1.82, 2.24) is 24.5 Å². The molecule has 13 heteroatoms. The summed E-state index contributed by atoms with van der Waals surface area (Å²) >= 11 is 0. The van der Waals surface area contributed by atoms with Crippen LogP contribution in [0.15, 0.2) is 53.9 Å². The number of anilines is 1. The summed E-state index contributed by atoms with van der Waals surface area (Å²) in [6.45, 7) is 0. The summed E-state index contributed by atoms with van der Waals surface area (Å²) in [6, 6.07) is 5.39. The minimum absolute atomic E-state index is 0.00934. The normalized spacial score (nSPS) is 12.3. The van der Waals surface area contributed by atoms with E-state index in [1.165, 1.54) is 17.9 Å². The van der Waals surface area contributed by atoms with Gasteiger partial charge >= 0.3 is 6.18 Å². The van der Waals surface area contributed by atoms with Crippen molar-refractivity contribution >= 4 is 26.6 Å². The maximum atomic E-state index is 13.0. The summed E-state index contributed by atoms with van der Waals surface area (Å²) < 4.78 is 74.9. The van der Waals surface area contributed by atoms with E-state index >= 15 is 0 Å². The lowest BCUT2D eigenvalue weighted by Crippen LogP contribution is -2.14. The highest BCUT2D eigenvalue weighted by Gasteiger charge is 2.32. The summed E-state index contributed by atoms with van der Waals surface area (Å²) in [7, 11) is -1.10. The second kappa shape index (κ2) is 7.27. The van der Waals surface area contributed by atoms with Crippen molar-refractivity contribution in [3.8, 4) is 11.4 Å². The van der Waals surface area contributed by atoms with Gasteiger partial charge in [0.1, 0.15) is 22.0 Å². The van der Waals surface area contributed by atoms with Crippen LogP contribution in [0.5, 0.6) is 5.75 Å². The number of aryl methyl sites for hydroxylation is 1. The van der Waals surface area contributed by atoms with E-state index in [-0.39, 0.29) is 22.0 Å². The number of pyridine rings is 1. The molecule has 3 heterocycles. The smallest absolute Gasteiger partial charge is 0.433 e. The third-order valence-electron chi connectivity index (χ3n) is 4.49. The fourth-order valence-electron chi connectivity index (χ4n) is 3.01. The van der Waals surface area contributed by atoms with Gasteiger partial charge in [-0.1, -0.05) is 0 Å². The number of benzene rings is 1. The zero-order valence-electron chi connectivity index (χ0n) is 16.1. The number of halogens is 3. The molecule has 0 bridgehead atoms. The Bertz CT molecular complexity index is 1380. The minimum atomic E-state index is -4.64. The van der Waals surface area contributed by atoms with E-state index in [9.17, 15) is 21.6 Å². The Labute approximate surface area is 174 Å². The molecule has 1 aromatic carbocycles. The fourth-order valence-corrected chi connectivity index (χ4v) is 4.02. The summed E-state index contributed by atoms with van der Waals surface area (Å²) in [5.41, 5.74) is -0.430. The molecule has 3 aromatic heterocycles. The van der Waals surface area contributed by atoms with Gasteiger partial charge in [0.15, 0.2) is 0 Å². The molecule has 0 aliphatic heterocycles. The topological polar surface area (TPSA) is 104 Å². The summed E-state index contributed by atoms with van der Waals surface area (Å²) in [4.78, 5) is 3.03. The predicted octanol–water partition coefficient (Wildman–Crippen LogP) is 2.98. The first-order valence-corrected chi connectivity index (χ1v) is 10.2. The number of hydrogen-bond acceptors (Lipinski definition) is 6. The van der Waals surface area contributed by atoms with Gasteiger partial charge in [-0.3, -0.25) is 14.4 Å². The second-order valence-electron chi connectivity index (χ2n) is 6.47. The molecule has 0 aliphatic carbocycles. The van der Waals surface area contributed by atoms with Crippen molar-refractivity contribution in [2.75, 3.05) is 11.8 Å². The van der Waals surface area contributed by atoms with E-state index in [0.717, 1.165) is 29.3 Å². The minimum Gasteiger partial charge on any atom is -0.494 e. The van der Waals surface area contributed by atoms with Gasteiger partial charge in [0.05, 0.1) is 36.9 Å². The first-order chi connectivity index (χ1) is 14.6. The third-order valence-corrected chi connectivity index (χ3v) is 5.79. The van der Waals surface area contributed by atoms with Crippen molar-refractivity contribution in [2.24, 2.45) is 7.05 Å². The van der Waals surface area contributed by atoms with Crippen molar-refractivity contribution in [1.29, 1.82) is 0 Å². The van der Waals surface area contributed by atoms with Crippen LogP contribution in [-0.4, -0.2) is 40.1 Å². The van der Waals surface area contributed by atoms with E-state index in [2.05, 4.69) is 19.9 Å². The van der Waals surface area contributed by atoms with Crippen molar-refractivity contribution < 1.29 is 26.3 Å². The highest BCUT2D eigenvalue weighted by atomic mass is 32.2. The zero-order chi connectivity index (χ0) is 22.4. The molecule has 0 amide bonds. The molecule has 0 radical (unpaired) electrons. The molecule has 1 N–H and O–H groups in total. The number of sulfonamides is 1. The molecule has 0 saturated heterocycles. The average Bonchev–Trinajstić information content (AvgIpc) is 3.36. The van der Waals surface area contributed by atoms with E-state index < -0.39 is 21.9 Å². The number of nitrogens with zero attached hydrogens (tertiary/aromatic N) is 5. The standard InChI is InChI=1S/C18H15F3N6O3S/c1-26-17-11(8-23-26)3-4-14(30-2)16(17)25-31(28,29)13-9-24-27(10-13)12-5-6-22-15(7-12)18(19,20)21/h3-10,25H,1-2H3. The number of nitrogens with one attached hydrogen (secondary N) is 1. The van der Waals surface area contributed by atoms with E-state index in [0.29, 0.717) is 10.9 Å². The number of fused-ring (bicyclic) bond motifs is 1. The van der Waals surface area contributed by atoms with Crippen molar-refractivity contribution in [2.45, 2.75) is 11.1 Å². The molecule has 4 aromatic rings. The Morgan fingerprint density at radius 1 is 1.13 bits per heavy atom. The van der Waals surface area contributed by atoms with Crippen LogP contribution in [0.25, 0.3) is 16.6 Å². The lowest BCUT2D eigenvalue weighted by molar-refractivity contribution is -0.141. The van der Waals surface area contributed by atoms with Gasteiger partial charge in [-0.25, -0.2) is 13.1 Å². The van der Waals surface area contributed by atoms with Crippen LogP contribution in [-0.2, 0) is 23.2 Å². The van der Waals surface area contributed by atoms with E-state index in [4.69, 9.17) is 4.74 Å². The first-order valence-electron chi connectivity index (χ1n) is 8.70. The molecular weight excluding hydrogens is 437 g/mol. The second-order valence-corrected chi connectivity index (χ2v) is 8.15. The number of ether oxygens (including phenoxy) is 1. The number of aromatic nitrogens is 5. The Morgan fingerprint density at radius 2 is 1.90 bits per heavy atom. The maximum absolute atomic E-state index is 13.0. The third kappa shape index (κ3) is 3.79. The molecule has 4 rings (SSSR count). The van der Waals surface area contributed by atoms with Gasteiger partial charge in [0.2, 0.25) is 0 Å². The van der Waals surface area contributed by atoms with Gasteiger partial charge in [0.25, 0.3) is 10.0 Å².